The van der Waals surface area contributed by atoms with Crippen LogP contribution in [-0.4, -0.2) is 28.9 Å². The highest BCUT2D eigenvalue weighted by Gasteiger charge is 2.17. The molecule has 1 aromatic heterocycles. The zero-order chi connectivity index (χ0) is 13.0. The molecular weight excluding hydrogens is 291 g/mol. The van der Waals surface area contributed by atoms with E-state index in [1.807, 2.05) is 11.8 Å². The van der Waals surface area contributed by atoms with Gasteiger partial charge in [0.1, 0.15) is 10.8 Å². The second-order valence-corrected chi connectivity index (χ2v) is 6.25. The zero-order valence-corrected chi connectivity index (χ0v) is 12.1. The van der Waals surface area contributed by atoms with E-state index in [4.69, 9.17) is 23.2 Å². The maximum absolute atomic E-state index is 11.9. The van der Waals surface area contributed by atoms with Crippen molar-refractivity contribution in [1.29, 1.82) is 0 Å². The quantitative estimate of drug-likeness (QED) is 0.872. The maximum atomic E-state index is 11.9. The first kappa shape index (κ1) is 14.0. The summed E-state index contributed by atoms with van der Waals surface area (Å²) in [6.45, 7) is 0.684. The molecule has 0 atom stereocenters. The third-order valence-corrected chi connectivity index (χ3v) is 4.48. The summed E-state index contributed by atoms with van der Waals surface area (Å²) >= 11 is 13.7. The summed E-state index contributed by atoms with van der Waals surface area (Å²) in [6.07, 6.45) is 2.31. The number of nitrogens with one attached hydrogen (secondary N) is 1. The Kier molecular flexibility index (Phi) is 5.15. The number of hydrogen-bond acceptors (Lipinski definition) is 3. The van der Waals surface area contributed by atoms with Crippen molar-refractivity contribution in [3.05, 3.63) is 28.0 Å². The lowest BCUT2D eigenvalue weighted by molar-refractivity contribution is 0.0941. The van der Waals surface area contributed by atoms with Crippen LogP contribution in [0.3, 0.4) is 0 Å². The summed E-state index contributed by atoms with van der Waals surface area (Å²) < 4.78 is 0. The van der Waals surface area contributed by atoms with E-state index >= 15 is 0 Å². The maximum Gasteiger partial charge on any atom is 0.271 e. The monoisotopic (exact) mass is 304 g/mol. The highest BCUT2D eigenvalue weighted by molar-refractivity contribution is 7.99. The van der Waals surface area contributed by atoms with Crippen molar-refractivity contribution < 1.29 is 4.79 Å². The number of carbonyl (C=O) groups excluding carboxylic acids is 1. The number of hydrogen-bond donors (Lipinski definition) is 1. The molecule has 1 aliphatic rings. The minimum atomic E-state index is -0.249. The van der Waals surface area contributed by atoms with Gasteiger partial charge in [0.05, 0.1) is 5.02 Å². The average molecular weight is 305 g/mol. The molecule has 2 rings (SSSR count). The number of nitrogens with zero attached hydrogens (tertiary/aromatic N) is 1. The molecule has 0 unspecified atom stereocenters. The third-order valence-electron chi connectivity index (χ3n) is 2.92. The van der Waals surface area contributed by atoms with Gasteiger partial charge in [-0.2, -0.15) is 11.8 Å². The minimum Gasteiger partial charge on any atom is -0.350 e. The van der Waals surface area contributed by atoms with Crippen molar-refractivity contribution in [2.45, 2.75) is 12.8 Å². The van der Waals surface area contributed by atoms with Crippen LogP contribution >= 0.6 is 35.0 Å². The molecule has 98 valence electrons. The lowest BCUT2D eigenvalue weighted by Gasteiger charge is -2.21. The van der Waals surface area contributed by atoms with Crippen LogP contribution in [0.25, 0.3) is 0 Å². The standard InChI is InChI=1S/C12H14Cl2N2OS/c13-9-1-2-10(14)16-11(9)12(17)15-7-8-3-5-18-6-4-8/h1-2,8H,3-7H2,(H,15,17). The van der Waals surface area contributed by atoms with E-state index < -0.39 is 0 Å². The highest BCUT2D eigenvalue weighted by atomic mass is 35.5. The fourth-order valence-electron chi connectivity index (χ4n) is 1.85. The van der Waals surface area contributed by atoms with Gasteiger partial charge in [0.25, 0.3) is 5.91 Å². The van der Waals surface area contributed by atoms with Crippen molar-refractivity contribution in [2.24, 2.45) is 5.92 Å². The topological polar surface area (TPSA) is 42.0 Å². The van der Waals surface area contributed by atoms with Crippen LogP contribution in [0.4, 0.5) is 0 Å². The zero-order valence-electron chi connectivity index (χ0n) is 9.79. The molecule has 0 radical (unpaired) electrons. The Morgan fingerprint density at radius 3 is 2.83 bits per heavy atom. The molecule has 1 saturated heterocycles. The van der Waals surface area contributed by atoms with Crippen LogP contribution in [0.5, 0.6) is 0 Å². The van der Waals surface area contributed by atoms with Gasteiger partial charge in [-0.15, -0.1) is 0 Å². The summed E-state index contributed by atoms with van der Waals surface area (Å²) in [6, 6.07) is 3.15. The van der Waals surface area contributed by atoms with Crippen molar-refractivity contribution in [2.75, 3.05) is 18.1 Å². The van der Waals surface area contributed by atoms with Gasteiger partial charge in [0.15, 0.2) is 0 Å². The largest absolute Gasteiger partial charge is 0.350 e. The molecule has 0 spiro atoms. The molecule has 1 aromatic rings. The van der Waals surface area contributed by atoms with E-state index in [2.05, 4.69) is 10.3 Å². The van der Waals surface area contributed by atoms with Crippen LogP contribution in [0.2, 0.25) is 10.2 Å². The summed E-state index contributed by atoms with van der Waals surface area (Å²) in [4.78, 5) is 15.9. The van der Waals surface area contributed by atoms with Crippen molar-refractivity contribution >= 4 is 40.9 Å². The summed E-state index contributed by atoms with van der Waals surface area (Å²) in [5, 5.41) is 3.49. The molecule has 1 N–H and O–H groups in total. The Morgan fingerprint density at radius 2 is 2.11 bits per heavy atom. The van der Waals surface area contributed by atoms with E-state index in [1.165, 1.54) is 11.5 Å². The van der Waals surface area contributed by atoms with E-state index in [9.17, 15) is 4.79 Å². The molecule has 0 bridgehead atoms. The lowest BCUT2D eigenvalue weighted by Crippen LogP contribution is -2.31. The van der Waals surface area contributed by atoms with E-state index in [0.29, 0.717) is 17.5 Å². The van der Waals surface area contributed by atoms with Crippen LogP contribution in [0.15, 0.2) is 12.1 Å². The Morgan fingerprint density at radius 1 is 1.39 bits per heavy atom. The van der Waals surface area contributed by atoms with E-state index in [-0.39, 0.29) is 16.8 Å². The predicted molar refractivity (Wildman–Crippen MR) is 76.6 cm³/mol. The molecule has 3 nitrogen and oxygen atoms in total. The van der Waals surface area contributed by atoms with E-state index in [0.717, 1.165) is 12.8 Å². The molecule has 0 aliphatic carbocycles. The van der Waals surface area contributed by atoms with Crippen LogP contribution in [0.1, 0.15) is 23.3 Å². The Hall–Kier alpha value is -0.450. The van der Waals surface area contributed by atoms with Crippen molar-refractivity contribution in [1.82, 2.24) is 10.3 Å². The second-order valence-electron chi connectivity index (χ2n) is 4.23. The molecular formula is C12H14Cl2N2OS. The lowest BCUT2D eigenvalue weighted by atomic mass is 10.0. The van der Waals surface area contributed by atoms with Crippen LogP contribution in [-0.2, 0) is 0 Å². The number of aromatic nitrogens is 1. The van der Waals surface area contributed by atoms with Crippen LogP contribution in [0, 0.1) is 5.92 Å². The first-order valence-corrected chi connectivity index (χ1v) is 7.76. The number of pyridine rings is 1. The van der Waals surface area contributed by atoms with Gasteiger partial charge in [-0.05, 0) is 42.4 Å². The summed E-state index contributed by atoms with van der Waals surface area (Å²) in [7, 11) is 0. The van der Waals surface area contributed by atoms with E-state index in [1.54, 1.807) is 12.1 Å². The fourth-order valence-corrected chi connectivity index (χ4v) is 3.39. The smallest absolute Gasteiger partial charge is 0.271 e. The summed E-state index contributed by atoms with van der Waals surface area (Å²) in [5.41, 5.74) is 0.203. The van der Waals surface area contributed by atoms with Gasteiger partial charge in [-0.3, -0.25) is 4.79 Å². The molecule has 2 heterocycles. The molecule has 1 amide bonds. The molecule has 6 heteroatoms. The second kappa shape index (κ2) is 6.64. The van der Waals surface area contributed by atoms with Gasteiger partial charge in [-0.25, -0.2) is 4.98 Å². The highest BCUT2D eigenvalue weighted by Crippen LogP contribution is 2.22. The summed E-state index contributed by atoms with van der Waals surface area (Å²) in [5.74, 6) is 2.67. The normalized spacial score (nSPS) is 16.6. The fraction of sp³-hybridized carbons (Fsp3) is 0.500. The molecule has 1 fully saturated rings. The SMILES string of the molecule is O=C(NCC1CCSCC1)c1nc(Cl)ccc1Cl. The minimum absolute atomic E-state index is 0.203. The van der Waals surface area contributed by atoms with Crippen LogP contribution < -0.4 is 5.32 Å². The third kappa shape index (κ3) is 3.77. The molecule has 18 heavy (non-hydrogen) atoms. The number of halogens is 2. The molecule has 1 aliphatic heterocycles. The van der Waals surface area contributed by atoms with Gasteiger partial charge in [-0.1, -0.05) is 23.2 Å². The molecule has 0 aromatic carbocycles. The van der Waals surface area contributed by atoms with Gasteiger partial charge < -0.3 is 5.32 Å². The Labute approximate surface area is 121 Å². The number of thioether (sulfide) groups is 1. The van der Waals surface area contributed by atoms with Gasteiger partial charge >= 0.3 is 0 Å². The van der Waals surface area contributed by atoms with Crippen molar-refractivity contribution in [3.63, 3.8) is 0 Å². The Balaban J connectivity index is 1.92. The Bertz CT molecular complexity index is 436. The van der Waals surface area contributed by atoms with Crippen molar-refractivity contribution in [3.8, 4) is 0 Å². The van der Waals surface area contributed by atoms with Gasteiger partial charge in [0, 0.05) is 6.54 Å². The number of rotatable bonds is 3. The first-order valence-electron chi connectivity index (χ1n) is 5.85. The predicted octanol–water partition coefficient (Wildman–Crippen LogP) is 3.26. The van der Waals surface area contributed by atoms with Gasteiger partial charge in [0.2, 0.25) is 0 Å². The first-order chi connectivity index (χ1) is 8.66. The molecule has 0 saturated carbocycles. The number of amides is 1. The number of carbonyl (C=O) groups is 1. The average Bonchev–Trinajstić information content (AvgIpc) is 2.40.